The van der Waals surface area contributed by atoms with E-state index in [1.54, 1.807) is 0 Å². The molecule has 1 unspecified atom stereocenters. The first-order valence-electron chi connectivity index (χ1n) is 7.48. The van der Waals surface area contributed by atoms with Crippen molar-refractivity contribution >= 4 is 0 Å². The molecular formula is C18H23NO. The second-order valence-electron chi connectivity index (χ2n) is 6.63. The highest BCUT2D eigenvalue weighted by Gasteiger charge is 2.33. The second-order valence-corrected chi connectivity index (χ2v) is 6.63. The molecule has 0 radical (unpaired) electrons. The maximum atomic E-state index is 10.4. The average Bonchev–Trinajstić information content (AvgIpc) is 2.81. The van der Waals surface area contributed by atoms with E-state index in [1.807, 2.05) is 0 Å². The first-order chi connectivity index (χ1) is 9.52. The Hall–Kier alpha value is -1.54. The maximum absolute atomic E-state index is 10.4. The van der Waals surface area contributed by atoms with Crippen molar-refractivity contribution in [1.29, 1.82) is 0 Å². The lowest BCUT2D eigenvalue weighted by Gasteiger charge is -2.34. The summed E-state index contributed by atoms with van der Waals surface area (Å²) in [7, 11) is 0. The highest BCUT2D eigenvalue weighted by atomic mass is 16.3. The summed E-state index contributed by atoms with van der Waals surface area (Å²) in [6.07, 6.45) is 4.67. The van der Waals surface area contributed by atoms with Gasteiger partial charge in [0.1, 0.15) is 0 Å². The van der Waals surface area contributed by atoms with Crippen LogP contribution in [0, 0.1) is 5.41 Å². The summed E-state index contributed by atoms with van der Waals surface area (Å²) in [4.78, 5) is 0. The van der Waals surface area contributed by atoms with Crippen LogP contribution in [0.2, 0.25) is 0 Å². The zero-order valence-electron chi connectivity index (χ0n) is 12.6. The van der Waals surface area contributed by atoms with Crippen LogP contribution >= 0.6 is 0 Å². The summed E-state index contributed by atoms with van der Waals surface area (Å²) in [5.41, 5.74) is 5.14. The zero-order chi connectivity index (χ0) is 14.3. The molecule has 1 heterocycles. The van der Waals surface area contributed by atoms with Crippen molar-refractivity contribution in [3.8, 4) is 5.69 Å². The average molecular weight is 269 g/mol. The number of para-hydroxylation sites is 1. The molecule has 1 aromatic heterocycles. The molecule has 1 aromatic carbocycles. The van der Waals surface area contributed by atoms with Gasteiger partial charge in [-0.1, -0.05) is 39.0 Å². The van der Waals surface area contributed by atoms with E-state index in [1.165, 1.54) is 16.9 Å². The number of rotatable bonds is 2. The fourth-order valence-electron chi connectivity index (χ4n) is 3.40. The van der Waals surface area contributed by atoms with Crippen LogP contribution in [0.1, 0.15) is 50.1 Å². The van der Waals surface area contributed by atoms with E-state index < -0.39 is 0 Å². The van der Waals surface area contributed by atoms with Gasteiger partial charge in [0, 0.05) is 23.1 Å². The number of aliphatic hydroxyl groups is 1. The van der Waals surface area contributed by atoms with Crippen molar-refractivity contribution in [2.24, 2.45) is 5.41 Å². The third-order valence-corrected chi connectivity index (χ3v) is 4.41. The molecule has 0 bridgehead atoms. The number of aromatic nitrogens is 1. The minimum absolute atomic E-state index is 0.156. The molecule has 106 valence electrons. The van der Waals surface area contributed by atoms with Gasteiger partial charge in [0.15, 0.2) is 0 Å². The number of fused-ring (bicyclic) bond motifs is 1. The van der Waals surface area contributed by atoms with E-state index in [0.29, 0.717) is 0 Å². The largest absolute Gasteiger partial charge is 0.388 e. The van der Waals surface area contributed by atoms with Crippen molar-refractivity contribution in [2.45, 2.75) is 46.1 Å². The molecule has 2 heteroatoms. The molecular weight excluding hydrogens is 246 g/mol. The fraction of sp³-hybridized carbons (Fsp3) is 0.444. The molecule has 3 rings (SSSR count). The van der Waals surface area contributed by atoms with Gasteiger partial charge < -0.3 is 9.67 Å². The molecule has 1 atom stereocenters. The molecule has 1 aliphatic carbocycles. The number of nitrogens with zero attached hydrogens (tertiary/aromatic N) is 1. The molecule has 0 spiro atoms. The normalized spacial score (nSPS) is 20.7. The Bertz CT molecular complexity index is 624. The molecule has 2 aromatic rings. The second kappa shape index (κ2) is 4.78. The minimum Gasteiger partial charge on any atom is -0.388 e. The number of aliphatic hydroxyl groups excluding tert-OH is 1. The van der Waals surface area contributed by atoms with Crippen molar-refractivity contribution < 1.29 is 5.11 Å². The lowest BCUT2D eigenvalue weighted by Crippen LogP contribution is -2.26. The van der Waals surface area contributed by atoms with E-state index in [2.05, 4.69) is 61.9 Å². The summed E-state index contributed by atoms with van der Waals surface area (Å²) in [5.74, 6) is 0. The van der Waals surface area contributed by atoms with Crippen LogP contribution in [0.5, 0.6) is 0 Å². The fourth-order valence-corrected chi connectivity index (χ4v) is 3.40. The van der Waals surface area contributed by atoms with Gasteiger partial charge in [0.2, 0.25) is 0 Å². The van der Waals surface area contributed by atoms with Crippen LogP contribution in [0.15, 0.2) is 36.5 Å². The van der Waals surface area contributed by atoms with E-state index in [4.69, 9.17) is 0 Å². The zero-order valence-corrected chi connectivity index (χ0v) is 12.6. The van der Waals surface area contributed by atoms with Crippen LogP contribution in [0.3, 0.4) is 0 Å². The minimum atomic E-state index is -0.330. The van der Waals surface area contributed by atoms with Gasteiger partial charge in [-0.05, 0) is 42.4 Å². The Morgan fingerprint density at radius 2 is 2.00 bits per heavy atom. The predicted molar refractivity (Wildman–Crippen MR) is 82.2 cm³/mol. The topological polar surface area (TPSA) is 25.2 Å². The maximum Gasteiger partial charge on any atom is 0.0812 e. The van der Waals surface area contributed by atoms with Gasteiger partial charge in [0.05, 0.1) is 6.10 Å². The summed E-state index contributed by atoms with van der Waals surface area (Å²) in [6, 6.07) is 10.6. The third-order valence-electron chi connectivity index (χ3n) is 4.41. The molecule has 20 heavy (non-hydrogen) atoms. The highest BCUT2D eigenvalue weighted by molar-refractivity contribution is 5.46. The monoisotopic (exact) mass is 269 g/mol. The standard InChI is InChI=1S/C18H23NO/c1-4-13-7-5-6-8-15(13)19-10-9-14-16(19)11-18(2,3)12-17(14)20/h5-10,17,20H,4,11-12H2,1-3H3. The van der Waals surface area contributed by atoms with E-state index in [9.17, 15) is 5.11 Å². The quantitative estimate of drug-likeness (QED) is 0.874. The van der Waals surface area contributed by atoms with Gasteiger partial charge in [-0.3, -0.25) is 0 Å². The summed E-state index contributed by atoms with van der Waals surface area (Å²) in [6.45, 7) is 6.66. The van der Waals surface area contributed by atoms with Crippen LogP contribution < -0.4 is 0 Å². The number of aryl methyl sites for hydroxylation is 1. The van der Waals surface area contributed by atoms with Crippen molar-refractivity contribution in [3.63, 3.8) is 0 Å². The van der Waals surface area contributed by atoms with Gasteiger partial charge in [-0.25, -0.2) is 0 Å². The smallest absolute Gasteiger partial charge is 0.0812 e. The Morgan fingerprint density at radius 3 is 2.75 bits per heavy atom. The van der Waals surface area contributed by atoms with Crippen LogP contribution in [0.25, 0.3) is 5.69 Å². The Morgan fingerprint density at radius 1 is 1.25 bits per heavy atom. The van der Waals surface area contributed by atoms with Crippen LogP contribution in [-0.2, 0) is 12.8 Å². The molecule has 0 amide bonds. The van der Waals surface area contributed by atoms with Crippen LogP contribution in [-0.4, -0.2) is 9.67 Å². The molecule has 1 N–H and O–H groups in total. The molecule has 0 saturated heterocycles. The van der Waals surface area contributed by atoms with Crippen molar-refractivity contribution in [2.75, 3.05) is 0 Å². The number of hydrogen-bond acceptors (Lipinski definition) is 1. The first-order valence-corrected chi connectivity index (χ1v) is 7.48. The Balaban J connectivity index is 2.13. The van der Waals surface area contributed by atoms with Gasteiger partial charge in [0.25, 0.3) is 0 Å². The van der Waals surface area contributed by atoms with E-state index in [-0.39, 0.29) is 11.5 Å². The third kappa shape index (κ3) is 2.18. The SMILES string of the molecule is CCc1ccccc1-n1ccc2c1CC(C)(C)CC2O. The van der Waals surface area contributed by atoms with Gasteiger partial charge >= 0.3 is 0 Å². The Kier molecular flexibility index (Phi) is 3.21. The Labute approximate surface area is 121 Å². The van der Waals surface area contributed by atoms with Crippen LogP contribution in [0.4, 0.5) is 0 Å². The molecule has 0 fully saturated rings. The molecule has 0 saturated carbocycles. The lowest BCUT2D eigenvalue weighted by molar-refractivity contribution is 0.0987. The lowest BCUT2D eigenvalue weighted by atomic mass is 9.75. The van der Waals surface area contributed by atoms with Gasteiger partial charge in [-0.2, -0.15) is 0 Å². The van der Waals surface area contributed by atoms with Crippen molar-refractivity contribution in [1.82, 2.24) is 4.57 Å². The number of benzene rings is 1. The van der Waals surface area contributed by atoms with E-state index >= 15 is 0 Å². The number of hydrogen-bond donors (Lipinski definition) is 1. The van der Waals surface area contributed by atoms with E-state index in [0.717, 1.165) is 24.8 Å². The highest BCUT2D eigenvalue weighted by Crippen LogP contribution is 2.42. The molecule has 1 aliphatic rings. The molecule has 0 aliphatic heterocycles. The van der Waals surface area contributed by atoms with Gasteiger partial charge in [-0.15, -0.1) is 0 Å². The molecule has 2 nitrogen and oxygen atoms in total. The summed E-state index contributed by atoms with van der Waals surface area (Å²) >= 11 is 0. The summed E-state index contributed by atoms with van der Waals surface area (Å²) in [5, 5.41) is 10.4. The summed E-state index contributed by atoms with van der Waals surface area (Å²) < 4.78 is 2.28. The predicted octanol–water partition coefficient (Wildman–Crippen LogP) is 4.05. The first kappa shape index (κ1) is 13.4. The van der Waals surface area contributed by atoms with Crippen molar-refractivity contribution in [3.05, 3.63) is 53.3 Å².